The van der Waals surface area contributed by atoms with Crippen molar-refractivity contribution in [1.82, 2.24) is 4.98 Å². The van der Waals surface area contributed by atoms with E-state index >= 15 is 0 Å². The molecule has 2 aromatic rings. The molecule has 0 saturated heterocycles. The topological polar surface area (TPSA) is 48.1 Å². The maximum atomic E-state index is 6.25. The van der Waals surface area contributed by atoms with Crippen molar-refractivity contribution >= 4 is 22.9 Å². The summed E-state index contributed by atoms with van der Waals surface area (Å²) < 4.78 is 5.90. The van der Waals surface area contributed by atoms with Gasteiger partial charge in [-0.3, -0.25) is 0 Å². The monoisotopic (exact) mass is 310 g/mol. The summed E-state index contributed by atoms with van der Waals surface area (Å²) in [6, 6.07) is 5.93. The Morgan fingerprint density at radius 1 is 1.45 bits per heavy atom. The maximum absolute atomic E-state index is 6.25. The van der Waals surface area contributed by atoms with Crippen molar-refractivity contribution in [3.8, 4) is 5.75 Å². The van der Waals surface area contributed by atoms with Gasteiger partial charge in [0.15, 0.2) is 0 Å². The SMILES string of the molecule is CCC(N)Cc1cccc(Cl)c1OCc1cnc(C)s1. The second-order valence-electron chi connectivity index (χ2n) is 4.73. The molecule has 1 aromatic carbocycles. The Kier molecular flexibility index (Phi) is 5.40. The Morgan fingerprint density at radius 3 is 2.90 bits per heavy atom. The standard InChI is InChI=1S/C15H19ClN2OS/c1-3-12(17)7-11-5-4-6-14(16)15(11)19-9-13-8-18-10(2)20-13/h4-6,8,12H,3,7,9,17H2,1-2H3. The van der Waals surface area contributed by atoms with Crippen molar-refractivity contribution in [2.75, 3.05) is 0 Å². The molecule has 2 N–H and O–H groups in total. The molecule has 1 unspecified atom stereocenters. The molecule has 108 valence electrons. The summed E-state index contributed by atoms with van der Waals surface area (Å²) in [5.41, 5.74) is 7.09. The normalized spacial score (nSPS) is 12.4. The molecule has 0 amide bonds. The minimum atomic E-state index is 0.126. The minimum absolute atomic E-state index is 0.126. The highest BCUT2D eigenvalue weighted by molar-refractivity contribution is 7.11. The van der Waals surface area contributed by atoms with Crippen molar-refractivity contribution in [2.24, 2.45) is 5.73 Å². The van der Waals surface area contributed by atoms with Gasteiger partial charge in [0.05, 0.1) is 14.9 Å². The molecule has 2 rings (SSSR count). The summed E-state index contributed by atoms with van der Waals surface area (Å²) in [6.45, 7) is 4.55. The largest absolute Gasteiger partial charge is 0.486 e. The summed E-state index contributed by atoms with van der Waals surface area (Å²) in [6.07, 6.45) is 3.54. The van der Waals surface area contributed by atoms with E-state index in [0.717, 1.165) is 34.0 Å². The van der Waals surface area contributed by atoms with Gasteiger partial charge in [0, 0.05) is 12.2 Å². The van der Waals surface area contributed by atoms with Crippen molar-refractivity contribution in [1.29, 1.82) is 0 Å². The van der Waals surface area contributed by atoms with E-state index in [-0.39, 0.29) is 6.04 Å². The molecule has 1 atom stereocenters. The number of nitrogens with two attached hydrogens (primary N) is 1. The van der Waals surface area contributed by atoms with Crippen molar-refractivity contribution < 1.29 is 4.74 Å². The summed E-state index contributed by atoms with van der Waals surface area (Å²) in [4.78, 5) is 5.31. The van der Waals surface area contributed by atoms with Crippen LogP contribution in [0.25, 0.3) is 0 Å². The number of hydrogen-bond acceptors (Lipinski definition) is 4. The summed E-state index contributed by atoms with van der Waals surface area (Å²) in [5.74, 6) is 0.740. The van der Waals surface area contributed by atoms with Crippen LogP contribution in [-0.2, 0) is 13.0 Å². The van der Waals surface area contributed by atoms with Crippen LogP contribution in [0.4, 0.5) is 0 Å². The fourth-order valence-electron chi connectivity index (χ4n) is 1.92. The second kappa shape index (κ2) is 7.07. The number of thiazole rings is 1. The van der Waals surface area contributed by atoms with Crippen LogP contribution in [0, 0.1) is 6.92 Å². The third-order valence-electron chi connectivity index (χ3n) is 3.08. The molecular weight excluding hydrogens is 292 g/mol. The number of para-hydroxylation sites is 1. The van der Waals surface area contributed by atoms with Crippen molar-refractivity contribution in [3.63, 3.8) is 0 Å². The Labute approximate surface area is 128 Å². The molecule has 5 heteroatoms. The molecule has 1 heterocycles. The number of aryl methyl sites for hydroxylation is 1. The molecule has 1 aromatic heterocycles. The lowest BCUT2D eigenvalue weighted by molar-refractivity contribution is 0.305. The van der Waals surface area contributed by atoms with Gasteiger partial charge in [0.2, 0.25) is 0 Å². The Morgan fingerprint density at radius 2 is 2.25 bits per heavy atom. The molecule has 20 heavy (non-hydrogen) atoms. The molecule has 0 aliphatic rings. The quantitative estimate of drug-likeness (QED) is 0.878. The van der Waals surface area contributed by atoms with Gasteiger partial charge in [-0.25, -0.2) is 4.98 Å². The summed E-state index contributed by atoms with van der Waals surface area (Å²) in [5, 5.41) is 1.67. The average molecular weight is 311 g/mol. The first kappa shape index (κ1) is 15.3. The molecule has 0 aliphatic carbocycles. The van der Waals surface area contributed by atoms with Crippen molar-refractivity contribution in [2.45, 2.75) is 39.3 Å². The van der Waals surface area contributed by atoms with Gasteiger partial charge in [-0.1, -0.05) is 30.7 Å². The highest BCUT2D eigenvalue weighted by Gasteiger charge is 2.12. The van der Waals surface area contributed by atoms with Gasteiger partial charge < -0.3 is 10.5 Å². The van der Waals surface area contributed by atoms with Crippen LogP contribution in [0.3, 0.4) is 0 Å². The molecule has 3 nitrogen and oxygen atoms in total. The van der Waals surface area contributed by atoms with Crippen LogP contribution >= 0.6 is 22.9 Å². The Balaban J connectivity index is 2.12. The van der Waals surface area contributed by atoms with Gasteiger partial charge in [0.25, 0.3) is 0 Å². The molecule has 0 fully saturated rings. The van der Waals surface area contributed by atoms with E-state index in [1.54, 1.807) is 11.3 Å². The van der Waals surface area contributed by atoms with E-state index in [2.05, 4.69) is 11.9 Å². The zero-order valence-electron chi connectivity index (χ0n) is 11.7. The number of benzene rings is 1. The van der Waals surface area contributed by atoms with Gasteiger partial charge in [-0.15, -0.1) is 11.3 Å². The predicted molar refractivity (Wildman–Crippen MR) is 84.6 cm³/mol. The summed E-state index contributed by atoms with van der Waals surface area (Å²) in [7, 11) is 0. The zero-order valence-corrected chi connectivity index (χ0v) is 13.3. The molecule has 0 aliphatic heterocycles. The fourth-order valence-corrected chi connectivity index (χ4v) is 2.87. The van der Waals surface area contributed by atoms with E-state index in [0.29, 0.717) is 11.6 Å². The number of nitrogens with zero attached hydrogens (tertiary/aromatic N) is 1. The van der Waals surface area contributed by atoms with Crippen molar-refractivity contribution in [3.05, 3.63) is 44.9 Å². The van der Waals surface area contributed by atoms with Gasteiger partial charge in [-0.2, -0.15) is 0 Å². The van der Waals surface area contributed by atoms with E-state index in [1.807, 2.05) is 31.3 Å². The number of aromatic nitrogens is 1. The molecule has 0 radical (unpaired) electrons. The second-order valence-corrected chi connectivity index (χ2v) is 6.46. The van der Waals surface area contributed by atoms with Crippen LogP contribution in [0.15, 0.2) is 24.4 Å². The highest BCUT2D eigenvalue weighted by atomic mass is 35.5. The van der Waals surface area contributed by atoms with E-state index < -0.39 is 0 Å². The highest BCUT2D eigenvalue weighted by Crippen LogP contribution is 2.30. The minimum Gasteiger partial charge on any atom is -0.486 e. The first-order chi connectivity index (χ1) is 9.60. The third kappa shape index (κ3) is 3.95. The lowest BCUT2D eigenvalue weighted by Crippen LogP contribution is -2.21. The van der Waals surface area contributed by atoms with Crippen LogP contribution in [0.5, 0.6) is 5.75 Å². The number of halogens is 1. The molecule has 0 saturated carbocycles. The maximum Gasteiger partial charge on any atom is 0.141 e. The zero-order chi connectivity index (χ0) is 14.5. The first-order valence-corrected chi connectivity index (χ1v) is 7.86. The lowest BCUT2D eigenvalue weighted by atomic mass is 10.0. The Hall–Kier alpha value is -1.10. The summed E-state index contributed by atoms with van der Waals surface area (Å²) >= 11 is 7.88. The van der Waals surface area contributed by atoms with Crippen LogP contribution < -0.4 is 10.5 Å². The van der Waals surface area contributed by atoms with Gasteiger partial charge >= 0.3 is 0 Å². The fraction of sp³-hybridized carbons (Fsp3) is 0.400. The van der Waals surface area contributed by atoms with Crippen LogP contribution in [-0.4, -0.2) is 11.0 Å². The van der Waals surface area contributed by atoms with E-state index in [9.17, 15) is 0 Å². The van der Waals surface area contributed by atoms with Crippen LogP contribution in [0.2, 0.25) is 5.02 Å². The molecule has 0 spiro atoms. The number of ether oxygens (including phenoxy) is 1. The molecular formula is C15H19ClN2OS. The predicted octanol–water partition coefficient (Wildman–Crippen LogP) is 3.96. The smallest absolute Gasteiger partial charge is 0.141 e. The van der Waals surface area contributed by atoms with Gasteiger partial charge in [0.1, 0.15) is 12.4 Å². The van der Waals surface area contributed by atoms with Crippen LogP contribution in [0.1, 0.15) is 28.8 Å². The number of hydrogen-bond donors (Lipinski definition) is 1. The van der Waals surface area contributed by atoms with E-state index in [4.69, 9.17) is 22.1 Å². The lowest BCUT2D eigenvalue weighted by Gasteiger charge is -2.15. The average Bonchev–Trinajstić information content (AvgIpc) is 2.83. The number of rotatable bonds is 6. The van der Waals surface area contributed by atoms with E-state index in [1.165, 1.54) is 0 Å². The molecule has 0 bridgehead atoms. The Bertz CT molecular complexity index is 571. The third-order valence-corrected chi connectivity index (χ3v) is 4.27. The first-order valence-electron chi connectivity index (χ1n) is 6.67. The van der Waals surface area contributed by atoms with Gasteiger partial charge in [-0.05, 0) is 31.4 Å².